The highest BCUT2D eigenvalue weighted by atomic mass is 79.9. The summed E-state index contributed by atoms with van der Waals surface area (Å²) < 4.78 is 6.40. The van der Waals surface area contributed by atoms with Crippen LogP contribution in [0.4, 0.5) is 0 Å². The third-order valence-corrected chi connectivity index (χ3v) is 3.01. The molecule has 18 heavy (non-hydrogen) atoms. The van der Waals surface area contributed by atoms with Crippen molar-refractivity contribution in [1.29, 1.82) is 5.26 Å². The van der Waals surface area contributed by atoms with E-state index in [0.29, 0.717) is 17.1 Å². The van der Waals surface area contributed by atoms with Gasteiger partial charge in [0.15, 0.2) is 0 Å². The summed E-state index contributed by atoms with van der Waals surface area (Å²) in [6.07, 6.45) is 0. The van der Waals surface area contributed by atoms with Crippen molar-refractivity contribution in [3.63, 3.8) is 0 Å². The summed E-state index contributed by atoms with van der Waals surface area (Å²) in [6.45, 7) is 0.0147. The van der Waals surface area contributed by atoms with Gasteiger partial charge in [0.25, 0.3) is 0 Å². The predicted molar refractivity (Wildman–Crippen MR) is 71.3 cm³/mol. The molecule has 0 bridgehead atoms. The normalized spacial score (nSPS) is 9.83. The molecule has 3 nitrogen and oxygen atoms in total. The van der Waals surface area contributed by atoms with Crippen LogP contribution < -0.4 is 4.74 Å². The van der Waals surface area contributed by atoms with Crippen LogP contribution >= 0.6 is 15.9 Å². The lowest BCUT2D eigenvalue weighted by molar-refractivity contribution is 0.281. The second-order valence-electron chi connectivity index (χ2n) is 3.66. The van der Waals surface area contributed by atoms with Crippen molar-refractivity contribution in [1.82, 2.24) is 0 Å². The molecule has 2 rings (SSSR count). The van der Waals surface area contributed by atoms with Crippen molar-refractivity contribution >= 4 is 15.9 Å². The van der Waals surface area contributed by atoms with E-state index in [1.807, 2.05) is 0 Å². The van der Waals surface area contributed by atoms with Crippen LogP contribution in [0.1, 0.15) is 11.1 Å². The quantitative estimate of drug-likeness (QED) is 0.942. The Morgan fingerprint density at radius 2 is 1.89 bits per heavy atom. The number of hydrogen-bond acceptors (Lipinski definition) is 3. The van der Waals surface area contributed by atoms with Gasteiger partial charge in [0.05, 0.1) is 22.7 Å². The van der Waals surface area contributed by atoms with Crippen molar-refractivity contribution in [2.75, 3.05) is 0 Å². The maximum atomic E-state index is 8.94. The summed E-state index contributed by atoms with van der Waals surface area (Å²) in [5.41, 5.74) is 1.41. The standard InChI is InChI=1S/C14H10BrNO2/c15-13-7-11(8-16)3-6-14(13)18-12-4-1-10(9-17)2-5-12/h1-7,17H,9H2. The lowest BCUT2D eigenvalue weighted by atomic mass is 10.2. The van der Waals surface area contributed by atoms with Gasteiger partial charge in [-0.2, -0.15) is 5.26 Å². The molecule has 0 heterocycles. The summed E-state index contributed by atoms with van der Waals surface area (Å²) in [5, 5.41) is 17.7. The zero-order valence-corrected chi connectivity index (χ0v) is 11.0. The summed E-state index contributed by atoms with van der Waals surface area (Å²) in [5.74, 6) is 1.32. The fourth-order valence-electron chi connectivity index (χ4n) is 1.44. The van der Waals surface area contributed by atoms with E-state index in [1.54, 1.807) is 42.5 Å². The highest BCUT2D eigenvalue weighted by Gasteiger charge is 2.04. The van der Waals surface area contributed by atoms with Gasteiger partial charge in [-0.3, -0.25) is 0 Å². The lowest BCUT2D eigenvalue weighted by Gasteiger charge is -2.08. The molecular weight excluding hydrogens is 294 g/mol. The smallest absolute Gasteiger partial charge is 0.141 e. The monoisotopic (exact) mass is 303 g/mol. The fraction of sp³-hybridized carbons (Fsp3) is 0.0714. The average Bonchev–Trinajstić information content (AvgIpc) is 2.42. The highest BCUT2D eigenvalue weighted by molar-refractivity contribution is 9.10. The molecule has 2 aromatic carbocycles. The van der Waals surface area contributed by atoms with Crippen LogP contribution in [-0.2, 0) is 6.61 Å². The van der Waals surface area contributed by atoms with Gasteiger partial charge in [0.2, 0.25) is 0 Å². The van der Waals surface area contributed by atoms with Crippen LogP contribution in [0, 0.1) is 11.3 Å². The van der Waals surface area contributed by atoms with Crippen LogP contribution in [0.2, 0.25) is 0 Å². The predicted octanol–water partition coefficient (Wildman–Crippen LogP) is 3.61. The molecule has 2 aromatic rings. The third kappa shape index (κ3) is 2.89. The molecule has 0 aliphatic rings. The van der Waals surface area contributed by atoms with Crippen LogP contribution in [-0.4, -0.2) is 5.11 Å². The number of aliphatic hydroxyl groups excluding tert-OH is 1. The highest BCUT2D eigenvalue weighted by Crippen LogP contribution is 2.30. The molecule has 4 heteroatoms. The van der Waals surface area contributed by atoms with Gasteiger partial charge < -0.3 is 9.84 Å². The average molecular weight is 304 g/mol. The molecule has 0 aliphatic carbocycles. The van der Waals surface area contributed by atoms with Crippen molar-refractivity contribution in [3.8, 4) is 17.6 Å². The van der Waals surface area contributed by atoms with Gasteiger partial charge in [-0.25, -0.2) is 0 Å². The molecule has 90 valence electrons. The Balaban J connectivity index is 2.20. The van der Waals surface area contributed by atoms with E-state index in [-0.39, 0.29) is 6.61 Å². The van der Waals surface area contributed by atoms with Gasteiger partial charge in [-0.15, -0.1) is 0 Å². The van der Waals surface area contributed by atoms with Crippen molar-refractivity contribution in [2.24, 2.45) is 0 Å². The van der Waals surface area contributed by atoms with Crippen LogP contribution in [0.25, 0.3) is 0 Å². The number of hydrogen-bond donors (Lipinski definition) is 1. The fourth-order valence-corrected chi connectivity index (χ4v) is 1.90. The number of rotatable bonds is 3. The van der Waals surface area contributed by atoms with Gasteiger partial charge in [0, 0.05) is 0 Å². The zero-order chi connectivity index (χ0) is 13.0. The molecule has 0 atom stereocenters. The number of nitrogens with zero attached hydrogens (tertiary/aromatic N) is 1. The molecule has 0 saturated heterocycles. The Bertz CT molecular complexity index is 588. The maximum absolute atomic E-state index is 8.94. The lowest BCUT2D eigenvalue weighted by Crippen LogP contribution is -1.88. The van der Waals surface area contributed by atoms with E-state index in [4.69, 9.17) is 15.1 Å². The van der Waals surface area contributed by atoms with E-state index in [0.717, 1.165) is 10.0 Å². The van der Waals surface area contributed by atoms with E-state index in [1.165, 1.54) is 0 Å². The van der Waals surface area contributed by atoms with Gasteiger partial charge in [-0.05, 0) is 51.8 Å². The van der Waals surface area contributed by atoms with Crippen LogP contribution in [0.5, 0.6) is 11.5 Å². The Kier molecular flexibility index (Phi) is 3.98. The number of benzene rings is 2. The summed E-state index contributed by atoms with van der Waals surface area (Å²) in [6, 6.07) is 14.4. The molecule has 0 aromatic heterocycles. The minimum Gasteiger partial charge on any atom is -0.456 e. The Morgan fingerprint density at radius 3 is 2.44 bits per heavy atom. The van der Waals surface area contributed by atoms with E-state index in [9.17, 15) is 0 Å². The third-order valence-electron chi connectivity index (χ3n) is 2.39. The van der Waals surface area contributed by atoms with Crippen molar-refractivity contribution < 1.29 is 9.84 Å². The van der Waals surface area contributed by atoms with Crippen LogP contribution in [0.3, 0.4) is 0 Å². The van der Waals surface area contributed by atoms with Crippen molar-refractivity contribution in [2.45, 2.75) is 6.61 Å². The Labute approximate surface area is 113 Å². The molecule has 0 fully saturated rings. The SMILES string of the molecule is N#Cc1ccc(Oc2ccc(CO)cc2)c(Br)c1. The zero-order valence-electron chi connectivity index (χ0n) is 9.43. The van der Waals surface area contributed by atoms with Gasteiger partial charge in [0.1, 0.15) is 11.5 Å². The van der Waals surface area contributed by atoms with Gasteiger partial charge >= 0.3 is 0 Å². The Hall–Kier alpha value is -1.83. The Morgan fingerprint density at radius 1 is 1.17 bits per heavy atom. The number of halogens is 1. The topological polar surface area (TPSA) is 53.2 Å². The summed E-state index contributed by atoms with van der Waals surface area (Å²) >= 11 is 3.36. The number of aliphatic hydroxyl groups is 1. The molecular formula is C14H10BrNO2. The van der Waals surface area contributed by atoms with E-state index >= 15 is 0 Å². The largest absolute Gasteiger partial charge is 0.456 e. The minimum absolute atomic E-state index is 0.0147. The van der Waals surface area contributed by atoms with Crippen LogP contribution in [0.15, 0.2) is 46.9 Å². The molecule has 0 saturated carbocycles. The second kappa shape index (κ2) is 5.67. The number of nitriles is 1. The van der Waals surface area contributed by atoms with Crippen molar-refractivity contribution in [3.05, 3.63) is 58.1 Å². The first kappa shape index (κ1) is 12.6. The summed E-state index contributed by atoms with van der Waals surface area (Å²) in [4.78, 5) is 0. The first-order chi connectivity index (χ1) is 8.72. The van der Waals surface area contributed by atoms with Gasteiger partial charge in [-0.1, -0.05) is 12.1 Å². The molecule has 0 amide bonds. The summed E-state index contributed by atoms with van der Waals surface area (Å²) in [7, 11) is 0. The number of ether oxygens (including phenoxy) is 1. The molecule has 1 N–H and O–H groups in total. The second-order valence-corrected chi connectivity index (χ2v) is 4.52. The minimum atomic E-state index is 0.0147. The molecule has 0 spiro atoms. The van der Waals surface area contributed by atoms with E-state index < -0.39 is 0 Å². The molecule has 0 radical (unpaired) electrons. The van der Waals surface area contributed by atoms with E-state index in [2.05, 4.69) is 22.0 Å². The maximum Gasteiger partial charge on any atom is 0.141 e. The molecule has 0 aliphatic heterocycles. The first-order valence-electron chi connectivity index (χ1n) is 5.30. The molecule has 0 unspecified atom stereocenters. The first-order valence-corrected chi connectivity index (χ1v) is 6.09.